The number of ether oxygens (including phenoxy) is 1. The van der Waals surface area contributed by atoms with Crippen LogP contribution >= 0.6 is 24.8 Å². The van der Waals surface area contributed by atoms with E-state index in [9.17, 15) is 33.4 Å². The van der Waals surface area contributed by atoms with Crippen molar-refractivity contribution in [1.29, 1.82) is 0 Å². The fraction of sp³-hybridized carbons (Fsp3) is 0.528. The van der Waals surface area contributed by atoms with Crippen LogP contribution in [-0.2, 0) is 4.74 Å². The third-order valence-electron chi connectivity index (χ3n) is 8.62. The predicted octanol–water partition coefficient (Wildman–Crippen LogP) is 4.08. The van der Waals surface area contributed by atoms with Crippen LogP contribution in [0.2, 0.25) is 0 Å². The highest BCUT2D eigenvalue weighted by Gasteiger charge is 2.26. The Morgan fingerprint density at radius 2 is 1.20 bits per heavy atom. The molecule has 0 bridgehead atoms. The van der Waals surface area contributed by atoms with E-state index in [1.165, 1.54) is 42.8 Å². The van der Waals surface area contributed by atoms with E-state index in [1.54, 1.807) is 4.90 Å². The number of likely N-dealkylation sites (tertiary alicyclic amines) is 1. The zero-order valence-electron chi connectivity index (χ0n) is 31.0. The van der Waals surface area contributed by atoms with E-state index in [4.69, 9.17) is 13.6 Å². The topological polar surface area (TPSA) is 187 Å². The largest absolute Gasteiger partial charge is 0.444 e. The number of carbonyl (C=O) groups is 1. The number of nitrogens with one attached hydrogen (secondary N) is 2. The van der Waals surface area contributed by atoms with E-state index in [0.29, 0.717) is 50.0 Å². The van der Waals surface area contributed by atoms with Gasteiger partial charge in [0.1, 0.15) is 40.0 Å². The number of benzene rings is 2. The number of aliphatic hydroxyl groups excluding tert-OH is 2. The number of fused-ring (bicyclic) bond motifs is 2. The molecule has 2 saturated heterocycles. The van der Waals surface area contributed by atoms with Crippen LogP contribution in [0.5, 0.6) is 0 Å². The van der Waals surface area contributed by atoms with Gasteiger partial charge >= 0.3 is 17.6 Å². The molecule has 4 heterocycles. The SMILES string of the molecule is CC(C)(C)OC(=O)N1CCN(CC(O)CNc2nc(=O)oc3ccc(F)cc23)CC1.Cl.Cl.O=c1nc(NCC(O)CN2CCCCC2)c2cc(F)ccc2o1. The number of piperazine rings is 1. The van der Waals surface area contributed by atoms with Crippen molar-refractivity contribution in [2.75, 3.05) is 76.1 Å². The van der Waals surface area contributed by atoms with Crippen LogP contribution in [0.15, 0.2) is 54.8 Å². The lowest BCUT2D eigenvalue weighted by atomic mass is 10.1. The summed E-state index contributed by atoms with van der Waals surface area (Å²) in [7, 11) is 0. The molecule has 304 valence electrons. The van der Waals surface area contributed by atoms with Crippen molar-refractivity contribution < 1.29 is 37.4 Å². The van der Waals surface area contributed by atoms with Gasteiger partial charge < -0.3 is 44.2 Å². The Morgan fingerprint density at radius 3 is 1.64 bits per heavy atom. The fourth-order valence-corrected chi connectivity index (χ4v) is 6.09. The molecule has 2 atom stereocenters. The molecule has 2 aliphatic rings. The molecule has 2 unspecified atom stereocenters. The normalized spacial score (nSPS) is 16.2. The van der Waals surface area contributed by atoms with Crippen molar-refractivity contribution in [1.82, 2.24) is 24.7 Å². The van der Waals surface area contributed by atoms with Crippen LogP contribution in [0.25, 0.3) is 21.9 Å². The van der Waals surface area contributed by atoms with Gasteiger partial charge in [0.05, 0.1) is 23.0 Å². The minimum Gasteiger partial charge on any atom is -0.444 e. The van der Waals surface area contributed by atoms with Gasteiger partial charge in [-0.05, 0) is 83.1 Å². The summed E-state index contributed by atoms with van der Waals surface area (Å²) in [5.41, 5.74) is -0.0580. The minimum absolute atomic E-state index is 0. The minimum atomic E-state index is -0.802. The van der Waals surface area contributed by atoms with Crippen LogP contribution in [0.4, 0.5) is 25.2 Å². The lowest BCUT2D eigenvalue weighted by molar-refractivity contribution is 0.0108. The first-order chi connectivity index (χ1) is 25.2. The Bertz CT molecular complexity index is 1970. The maximum absolute atomic E-state index is 13.5. The van der Waals surface area contributed by atoms with Gasteiger partial charge in [-0.1, -0.05) is 6.42 Å². The van der Waals surface area contributed by atoms with Gasteiger partial charge in [0.25, 0.3) is 0 Å². The number of hydrogen-bond acceptors (Lipinski definition) is 14. The molecule has 4 aromatic rings. The van der Waals surface area contributed by atoms with Gasteiger partial charge in [-0.3, -0.25) is 4.90 Å². The van der Waals surface area contributed by atoms with Crippen molar-refractivity contribution in [3.8, 4) is 0 Å². The van der Waals surface area contributed by atoms with Gasteiger partial charge in [-0.15, -0.1) is 24.8 Å². The quantitative estimate of drug-likeness (QED) is 0.179. The Kier molecular flexibility index (Phi) is 17.0. The molecule has 0 saturated carbocycles. The summed E-state index contributed by atoms with van der Waals surface area (Å²) in [6, 6.07) is 7.64. The predicted molar refractivity (Wildman–Crippen MR) is 209 cm³/mol. The van der Waals surface area contributed by atoms with E-state index in [-0.39, 0.29) is 66.8 Å². The molecule has 4 N–H and O–H groups in total. The number of amides is 1. The summed E-state index contributed by atoms with van der Waals surface area (Å²) >= 11 is 0. The molecule has 6 rings (SSSR count). The smallest absolute Gasteiger partial charge is 0.441 e. The van der Waals surface area contributed by atoms with Crippen molar-refractivity contribution in [3.63, 3.8) is 0 Å². The lowest BCUT2D eigenvalue weighted by Crippen LogP contribution is -2.52. The number of aromatic nitrogens is 2. The molecule has 0 aliphatic carbocycles. The summed E-state index contributed by atoms with van der Waals surface area (Å²) in [5, 5.41) is 27.1. The average molecular weight is 817 g/mol. The van der Waals surface area contributed by atoms with E-state index in [0.717, 1.165) is 25.9 Å². The van der Waals surface area contributed by atoms with Crippen molar-refractivity contribution >= 4 is 64.5 Å². The first-order valence-electron chi connectivity index (χ1n) is 17.7. The van der Waals surface area contributed by atoms with E-state index in [2.05, 4.69) is 25.5 Å². The van der Waals surface area contributed by atoms with Gasteiger partial charge in [0.15, 0.2) is 0 Å². The number of halogens is 4. The van der Waals surface area contributed by atoms with Crippen LogP contribution in [-0.4, -0.2) is 124 Å². The third-order valence-corrected chi connectivity index (χ3v) is 8.62. The van der Waals surface area contributed by atoms with Crippen LogP contribution < -0.4 is 22.1 Å². The van der Waals surface area contributed by atoms with Gasteiger partial charge in [0, 0.05) is 52.4 Å². The highest BCUT2D eigenvalue weighted by atomic mass is 35.5. The second-order valence-electron chi connectivity index (χ2n) is 14.1. The standard InChI is InChI=1S/C20H27FN4O5.C16H20FN3O3.2ClH/c1-20(2,3)30-19(28)25-8-6-24(7-9-25)12-14(26)11-22-17-15-10-13(21)4-5-16(15)29-18(27)23-17;17-11-4-5-14-13(8-11)15(19-16(22)23-14)18-9-12(21)10-20-6-2-1-3-7-20;;/h4-5,10,14,26H,6-9,11-12H2,1-3H3,(H,22,23,27);4-5,8,12,21H,1-3,6-7,9-10H2,(H,18,19,22);2*1H. The van der Waals surface area contributed by atoms with E-state index < -0.39 is 41.0 Å². The number of hydrogen-bond donors (Lipinski definition) is 4. The molecule has 2 aliphatic heterocycles. The number of aliphatic hydroxyl groups is 2. The monoisotopic (exact) mass is 815 g/mol. The highest BCUT2D eigenvalue weighted by Crippen LogP contribution is 2.22. The second-order valence-corrected chi connectivity index (χ2v) is 14.1. The number of piperidine rings is 1. The first kappa shape index (κ1) is 45.3. The van der Waals surface area contributed by atoms with Crippen molar-refractivity contribution in [2.45, 2.75) is 57.8 Å². The number of nitrogens with zero attached hydrogens (tertiary/aromatic N) is 5. The second kappa shape index (κ2) is 20.7. The molecule has 1 amide bonds. The number of β-amino-alcohol motifs (C(OH)–C–C–N with tert-alkyl or cyclic N) is 2. The number of rotatable bonds is 10. The zero-order valence-corrected chi connectivity index (χ0v) is 32.6. The molecular weight excluding hydrogens is 767 g/mol. The van der Waals surface area contributed by atoms with Gasteiger partial charge in [-0.2, -0.15) is 9.97 Å². The number of anilines is 2. The summed E-state index contributed by atoms with van der Waals surface area (Å²) in [6.45, 7) is 11.0. The summed E-state index contributed by atoms with van der Waals surface area (Å²) in [4.78, 5) is 48.6. The summed E-state index contributed by atoms with van der Waals surface area (Å²) in [6.07, 6.45) is 1.88. The Balaban J connectivity index is 0.000000294. The van der Waals surface area contributed by atoms with Gasteiger partial charge in [0.2, 0.25) is 0 Å². The van der Waals surface area contributed by atoms with Crippen molar-refractivity contribution in [3.05, 3.63) is 69.1 Å². The molecule has 19 heteroatoms. The fourth-order valence-electron chi connectivity index (χ4n) is 6.09. The molecule has 2 aromatic heterocycles. The molecule has 2 fully saturated rings. The van der Waals surface area contributed by atoms with Crippen LogP contribution in [0.1, 0.15) is 40.0 Å². The van der Waals surface area contributed by atoms with Crippen LogP contribution in [0.3, 0.4) is 0 Å². The molecular formula is C36H49Cl2F2N7O8. The number of carbonyl (C=O) groups excluding carboxylic acids is 1. The molecule has 55 heavy (non-hydrogen) atoms. The third kappa shape index (κ3) is 13.8. The zero-order chi connectivity index (χ0) is 38.1. The maximum Gasteiger partial charge on any atom is 0.441 e. The Labute approximate surface area is 328 Å². The van der Waals surface area contributed by atoms with Crippen LogP contribution in [0, 0.1) is 11.6 Å². The molecule has 15 nitrogen and oxygen atoms in total. The van der Waals surface area contributed by atoms with E-state index >= 15 is 0 Å². The molecule has 2 aromatic carbocycles. The Morgan fingerprint density at radius 1 is 0.764 bits per heavy atom. The van der Waals surface area contributed by atoms with Gasteiger partial charge in [-0.25, -0.2) is 23.2 Å². The highest BCUT2D eigenvalue weighted by molar-refractivity contribution is 5.88. The first-order valence-corrected chi connectivity index (χ1v) is 17.7. The molecule has 0 spiro atoms. The average Bonchev–Trinajstić information content (AvgIpc) is 3.10. The lowest BCUT2D eigenvalue weighted by Gasteiger charge is -2.36. The van der Waals surface area contributed by atoms with E-state index in [1.807, 2.05) is 25.7 Å². The molecule has 0 radical (unpaired) electrons. The Hall–Kier alpha value is -4.13. The van der Waals surface area contributed by atoms with Crippen molar-refractivity contribution in [2.24, 2.45) is 0 Å². The summed E-state index contributed by atoms with van der Waals surface area (Å²) < 4.78 is 42.2. The maximum atomic E-state index is 13.5. The summed E-state index contributed by atoms with van der Waals surface area (Å²) in [5.74, 6) is -2.08.